The highest BCUT2D eigenvalue weighted by molar-refractivity contribution is 7.89. The van der Waals surface area contributed by atoms with E-state index in [4.69, 9.17) is 12.2 Å². The van der Waals surface area contributed by atoms with Crippen molar-refractivity contribution in [1.29, 1.82) is 0 Å². The van der Waals surface area contributed by atoms with Gasteiger partial charge in [-0.2, -0.15) is 4.31 Å². The Kier molecular flexibility index (Phi) is 7.18. The van der Waals surface area contributed by atoms with Gasteiger partial charge in [-0.25, -0.2) is 8.42 Å². The highest BCUT2D eigenvalue weighted by atomic mass is 32.2. The van der Waals surface area contributed by atoms with Crippen LogP contribution in [0.5, 0.6) is 0 Å². The second kappa shape index (κ2) is 8.93. The van der Waals surface area contributed by atoms with E-state index in [1.807, 2.05) is 19.1 Å². The number of benzene rings is 1. The molecule has 0 spiro atoms. The Labute approximate surface area is 156 Å². The maximum Gasteiger partial charge on any atom is 0.243 e. The van der Waals surface area contributed by atoms with E-state index in [-0.39, 0.29) is 0 Å². The number of aryl methyl sites for hydroxylation is 1. The molecule has 1 fully saturated rings. The van der Waals surface area contributed by atoms with Crippen molar-refractivity contribution in [2.45, 2.75) is 18.2 Å². The number of hydrogen-bond acceptors (Lipinski definition) is 3. The molecular weight excluding hydrogens is 356 g/mol. The van der Waals surface area contributed by atoms with Crippen molar-refractivity contribution >= 4 is 27.4 Å². The number of hydrogen-bond donors (Lipinski definition) is 2. The van der Waals surface area contributed by atoms with Gasteiger partial charge < -0.3 is 15.1 Å². The Morgan fingerprint density at radius 2 is 1.76 bits per heavy atom. The second-order valence-electron chi connectivity index (χ2n) is 6.75. The molecule has 25 heavy (non-hydrogen) atoms. The first-order valence-electron chi connectivity index (χ1n) is 8.69. The van der Waals surface area contributed by atoms with Gasteiger partial charge in [-0.05, 0) is 31.3 Å². The Morgan fingerprint density at radius 3 is 2.32 bits per heavy atom. The fraction of sp³-hybridized carbons (Fsp3) is 0.588. The summed E-state index contributed by atoms with van der Waals surface area (Å²) in [5.41, 5.74) is 1.05. The van der Waals surface area contributed by atoms with Crippen LogP contribution in [0.1, 0.15) is 12.0 Å². The Balaban J connectivity index is 1.84. The summed E-state index contributed by atoms with van der Waals surface area (Å²) in [5, 5.41) is 4.00. The van der Waals surface area contributed by atoms with E-state index in [0.717, 1.165) is 30.2 Å². The van der Waals surface area contributed by atoms with Gasteiger partial charge >= 0.3 is 0 Å². The molecule has 140 valence electrons. The van der Waals surface area contributed by atoms with Crippen molar-refractivity contribution in [3.05, 3.63) is 29.8 Å². The first-order chi connectivity index (χ1) is 11.8. The van der Waals surface area contributed by atoms with Gasteiger partial charge in [-0.15, -0.1) is 0 Å². The monoisotopic (exact) mass is 385 g/mol. The average Bonchev–Trinajstić information content (AvgIpc) is 2.59. The van der Waals surface area contributed by atoms with Crippen molar-refractivity contribution < 1.29 is 13.3 Å². The second-order valence-corrected chi connectivity index (χ2v) is 9.07. The maximum atomic E-state index is 12.7. The zero-order valence-electron chi connectivity index (χ0n) is 15.3. The number of sulfonamides is 1. The summed E-state index contributed by atoms with van der Waals surface area (Å²) in [6, 6.07) is 7.02. The van der Waals surface area contributed by atoms with Crippen LogP contribution in [0.3, 0.4) is 0 Å². The van der Waals surface area contributed by atoms with Crippen molar-refractivity contribution in [1.82, 2.24) is 14.5 Å². The summed E-state index contributed by atoms with van der Waals surface area (Å²) in [7, 11) is 0.844. The minimum atomic E-state index is -3.42. The lowest BCUT2D eigenvalue weighted by Gasteiger charge is -2.35. The van der Waals surface area contributed by atoms with E-state index in [9.17, 15) is 8.42 Å². The van der Waals surface area contributed by atoms with E-state index >= 15 is 0 Å². The highest BCUT2D eigenvalue weighted by Gasteiger charge is 2.29. The molecule has 0 radical (unpaired) electrons. The molecule has 0 aliphatic carbocycles. The zero-order chi connectivity index (χ0) is 18.4. The average molecular weight is 386 g/mol. The van der Waals surface area contributed by atoms with Crippen molar-refractivity contribution in [3.63, 3.8) is 0 Å². The van der Waals surface area contributed by atoms with E-state index in [2.05, 4.69) is 24.3 Å². The molecular formula is C17H29N4O2S2+. The molecule has 8 heteroatoms. The van der Waals surface area contributed by atoms with Gasteiger partial charge in [-0.1, -0.05) is 17.7 Å². The molecule has 0 bridgehead atoms. The molecule has 1 aliphatic rings. The predicted molar refractivity (Wildman–Crippen MR) is 104 cm³/mol. The Morgan fingerprint density at radius 1 is 1.16 bits per heavy atom. The Hall–Kier alpha value is -1.22. The number of nitrogens with zero attached hydrogens (tertiary/aromatic N) is 2. The number of quaternary nitrogens is 1. The molecule has 2 rings (SSSR count). The SMILES string of the molecule is Cc1ccc(S(=O)(=O)N2CCN(C(=S)NCCC[NH+](C)C)CC2)cc1. The zero-order valence-corrected chi connectivity index (χ0v) is 16.9. The van der Waals surface area contributed by atoms with Crippen LogP contribution in [0, 0.1) is 6.92 Å². The van der Waals surface area contributed by atoms with Gasteiger partial charge in [0, 0.05) is 39.1 Å². The van der Waals surface area contributed by atoms with Crippen molar-refractivity contribution in [2.75, 3.05) is 53.4 Å². The van der Waals surface area contributed by atoms with Gasteiger partial charge in [-0.3, -0.25) is 0 Å². The van der Waals surface area contributed by atoms with Crippen LogP contribution in [0.4, 0.5) is 0 Å². The number of nitrogens with one attached hydrogen (secondary N) is 2. The van der Waals surface area contributed by atoms with Crippen molar-refractivity contribution in [3.8, 4) is 0 Å². The first-order valence-corrected chi connectivity index (χ1v) is 10.5. The largest absolute Gasteiger partial charge is 0.362 e. The minimum absolute atomic E-state index is 0.360. The fourth-order valence-electron chi connectivity index (χ4n) is 2.74. The van der Waals surface area contributed by atoms with Crippen LogP contribution in [0.2, 0.25) is 0 Å². The molecule has 1 aromatic carbocycles. The molecule has 1 saturated heterocycles. The molecule has 2 N–H and O–H groups in total. The lowest BCUT2D eigenvalue weighted by Crippen LogP contribution is -3.05. The molecule has 1 aliphatic heterocycles. The summed E-state index contributed by atoms with van der Waals surface area (Å²) >= 11 is 5.43. The minimum Gasteiger partial charge on any atom is -0.362 e. The van der Waals surface area contributed by atoms with E-state index < -0.39 is 10.0 Å². The normalized spacial score (nSPS) is 16.2. The van der Waals surface area contributed by atoms with Crippen molar-refractivity contribution in [2.24, 2.45) is 0 Å². The lowest BCUT2D eigenvalue weighted by molar-refractivity contribution is -0.858. The summed E-state index contributed by atoms with van der Waals surface area (Å²) in [5.74, 6) is 0. The lowest BCUT2D eigenvalue weighted by atomic mass is 10.2. The first kappa shape index (κ1) is 20.1. The Bertz CT molecular complexity index is 666. The van der Waals surface area contributed by atoms with Gasteiger partial charge in [0.15, 0.2) is 5.11 Å². The van der Waals surface area contributed by atoms with Gasteiger partial charge in [0.2, 0.25) is 10.0 Å². The number of piperazine rings is 1. The van der Waals surface area contributed by atoms with Crippen LogP contribution in [0.15, 0.2) is 29.2 Å². The quantitative estimate of drug-likeness (QED) is 0.521. The summed E-state index contributed by atoms with van der Waals surface area (Å²) in [4.78, 5) is 3.83. The van der Waals surface area contributed by atoms with Crippen LogP contribution in [-0.4, -0.2) is 76.1 Å². The third-order valence-electron chi connectivity index (χ3n) is 4.31. The van der Waals surface area contributed by atoms with Gasteiger partial charge in [0.1, 0.15) is 0 Å². The predicted octanol–water partition coefficient (Wildman–Crippen LogP) is -0.290. The fourth-order valence-corrected chi connectivity index (χ4v) is 4.45. The van der Waals surface area contributed by atoms with Gasteiger partial charge in [0.05, 0.1) is 25.5 Å². The summed E-state index contributed by atoms with van der Waals surface area (Å²) in [6.07, 6.45) is 1.06. The third-order valence-corrected chi connectivity index (χ3v) is 6.63. The molecule has 0 atom stereocenters. The number of rotatable bonds is 6. The summed E-state index contributed by atoms with van der Waals surface area (Å²) in [6.45, 7) is 6.05. The molecule has 0 aromatic heterocycles. The van der Waals surface area contributed by atoms with E-state index in [0.29, 0.717) is 31.1 Å². The molecule has 0 saturated carbocycles. The number of thiocarbonyl (C=S) groups is 1. The van der Waals surface area contributed by atoms with Crippen LogP contribution < -0.4 is 10.2 Å². The molecule has 0 unspecified atom stereocenters. The van der Waals surface area contributed by atoms with Crippen LogP contribution >= 0.6 is 12.2 Å². The smallest absolute Gasteiger partial charge is 0.243 e. The maximum absolute atomic E-state index is 12.7. The van der Waals surface area contributed by atoms with Crippen LogP contribution in [-0.2, 0) is 10.0 Å². The van der Waals surface area contributed by atoms with Gasteiger partial charge in [0.25, 0.3) is 0 Å². The van der Waals surface area contributed by atoms with E-state index in [1.165, 1.54) is 4.90 Å². The molecule has 1 aromatic rings. The standard InChI is InChI=1S/C17H28N4O2S2/c1-15-5-7-16(8-6-15)25(22,23)21-13-11-20(12-14-21)17(24)18-9-4-10-19(2)3/h5-8H,4,9-14H2,1-3H3,(H,18,24)/p+1. The summed E-state index contributed by atoms with van der Waals surface area (Å²) < 4.78 is 27.0. The molecule has 0 amide bonds. The van der Waals surface area contributed by atoms with Crippen LogP contribution in [0.25, 0.3) is 0 Å². The highest BCUT2D eigenvalue weighted by Crippen LogP contribution is 2.18. The molecule has 1 heterocycles. The third kappa shape index (κ3) is 5.64. The topological polar surface area (TPSA) is 57.1 Å². The molecule has 6 nitrogen and oxygen atoms in total. The van der Waals surface area contributed by atoms with E-state index in [1.54, 1.807) is 16.4 Å².